The maximum Gasteiger partial charge on any atom is 0 e. The van der Waals surface area contributed by atoms with Gasteiger partial charge in [-0.2, -0.15) is 0 Å². The van der Waals surface area contributed by atoms with Gasteiger partial charge >= 0.3 is 77.1 Å². The van der Waals surface area contributed by atoms with Crippen LogP contribution in [0.1, 0.15) is 0 Å². The van der Waals surface area contributed by atoms with Crippen molar-refractivity contribution >= 4 is 37.6 Å². The van der Waals surface area contributed by atoms with Gasteiger partial charge in [0.25, 0.3) is 0 Å². The van der Waals surface area contributed by atoms with Gasteiger partial charge in [0, 0.05) is 17.1 Å². The molecule has 78 valence electrons. The van der Waals surface area contributed by atoms with Crippen LogP contribution in [0.15, 0.2) is 0 Å². The van der Waals surface area contributed by atoms with Crippen molar-refractivity contribution in [3.8, 4) is 0 Å². The Hall–Kier alpha value is 0.709. The van der Waals surface area contributed by atoms with Crippen molar-refractivity contribution in [2.24, 2.45) is 0 Å². The minimum atomic E-state index is -1.56. The van der Waals surface area contributed by atoms with Crippen molar-refractivity contribution in [1.29, 1.82) is 0 Å². The van der Waals surface area contributed by atoms with Crippen LogP contribution in [0.2, 0.25) is 0 Å². The Labute approximate surface area is 94.2 Å². The van der Waals surface area contributed by atoms with Crippen molar-refractivity contribution in [2.75, 3.05) is 6.61 Å². The summed E-state index contributed by atoms with van der Waals surface area (Å²) in [5.41, 5.74) is 0. The van der Waals surface area contributed by atoms with Crippen molar-refractivity contribution in [3.05, 3.63) is 0 Å². The summed E-state index contributed by atoms with van der Waals surface area (Å²) in [6.45, 7) is -0.668. The van der Waals surface area contributed by atoms with Crippen LogP contribution in [0.25, 0.3) is 0 Å². The summed E-state index contributed by atoms with van der Waals surface area (Å²) in [6.07, 6.45) is -5.78. The number of hydrogen-bond donors (Lipinski definition) is 5. The molecular formula is C6H12O5Se2. The van der Waals surface area contributed by atoms with Crippen molar-refractivity contribution in [2.45, 2.75) is 24.4 Å². The molecule has 0 aromatic rings. The second-order valence-electron chi connectivity index (χ2n) is 2.36. The molecule has 2 radical (unpaired) electrons. The number of aliphatic hydroxyl groups is 5. The Morgan fingerprint density at radius 2 is 1.54 bits per heavy atom. The zero-order valence-electron chi connectivity index (χ0n) is 6.65. The summed E-state index contributed by atoms with van der Waals surface area (Å²) >= 11 is 2.34. The SMILES string of the molecule is OC[C@@H](O)[C@@H](O)[C@H](O)[C@@H](O)C=[Se].[Se]. The third-order valence-electron chi connectivity index (χ3n) is 1.42. The van der Waals surface area contributed by atoms with Gasteiger partial charge in [0.15, 0.2) is 0 Å². The molecule has 0 aliphatic carbocycles. The van der Waals surface area contributed by atoms with Crippen LogP contribution in [0.5, 0.6) is 0 Å². The smallest absolute Gasteiger partial charge is 0 e. The fourth-order valence-electron chi connectivity index (χ4n) is 0.618. The molecule has 4 atom stereocenters. The average Bonchev–Trinajstić information content (AvgIpc) is 2.12. The second kappa shape index (κ2) is 8.05. The normalized spacial score (nSPS) is 19.5. The molecule has 7 heteroatoms. The first kappa shape index (κ1) is 16.2. The number of aliphatic hydroxyl groups excluding tert-OH is 5. The largest absolute Gasteiger partial charge is 0 e. The molecule has 0 saturated carbocycles. The zero-order chi connectivity index (χ0) is 9.72. The molecule has 5 nitrogen and oxygen atoms in total. The third-order valence-corrected chi connectivity index (χ3v) is 2.01. The number of hydrogen-bond acceptors (Lipinski definition) is 5. The van der Waals surface area contributed by atoms with Crippen LogP contribution < -0.4 is 0 Å². The van der Waals surface area contributed by atoms with E-state index in [1.165, 1.54) is 0 Å². The summed E-state index contributed by atoms with van der Waals surface area (Å²) < 4.78 is 0. The van der Waals surface area contributed by atoms with Crippen LogP contribution in [-0.4, -0.2) is 94.1 Å². The zero-order valence-corrected chi connectivity index (χ0v) is 10.1. The molecule has 5 N–H and O–H groups in total. The molecule has 13 heavy (non-hydrogen) atoms. The molecule has 0 bridgehead atoms. The van der Waals surface area contributed by atoms with Crippen LogP contribution >= 0.6 is 0 Å². The minimum Gasteiger partial charge on any atom is 0 e. The molecule has 0 aliphatic rings. The topological polar surface area (TPSA) is 101 Å². The predicted molar refractivity (Wildman–Crippen MR) is 48.7 cm³/mol. The van der Waals surface area contributed by atoms with Crippen LogP contribution in [0.4, 0.5) is 0 Å². The fraction of sp³-hybridized carbons (Fsp3) is 0.833. The van der Waals surface area contributed by atoms with E-state index in [-0.39, 0.29) is 17.1 Å². The minimum absolute atomic E-state index is 0. The van der Waals surface area contributed by atoms with E-state index in [4.69, 9.17) is 25.5 Å². The quantitative estimate of drug-likeness (QED) is 0.332. The summed E-state index contributed by atoms with van der Waals surface area (Å²) in [6, 6.07) is 0. The van der Waals surface area contributed by atoms with E-state index in [0.29, 0.717) is 0 Å². The van der Waals surface area contributed by atoms with Gasteiger partial charge in [-0.3, -0.25) is 0 Å². The molecule has 0 amide bonds. The van der Waals surface area contributed by atoms with Crippen LogP contribution in [-0.2, 0) is 0 Å². The van der Waals surface area contributed by atoms with Crippen LogP contribution in [0.3, 0.4) is 0 Å². The predicted octanol–water partition coefficient (Wildman–Crippen LogP) is -3.99. The number of rotatable bonds is 5. The molecule has 0 fully saturated rings. The van der Waals surface area contributed by atoms with Crippen LogP contribution in [0, 0.1) is 0 Å². The summed E-state index contributed by atoms with van der Waals surface area (Å²) in [4.78, 5) is 1.15. The summed E-state index contributed by atoms with van der Waals surface area (Å²) in [7, 11) is 0. The van der Waals surface area contributed by atoms with Crippen molar-refractivity contribution < 1.29 is 25.5 Å². The van der Waals surface area contributed by atoms with Crippen molar-refractivity contribution in [1.82, 2.24) is 0 Å². The first-order valence-electron chi connectivity index (χ1n) is 3.33. The molecule has 0 unspecified atom stereocenters. The van der Waals surface area contributed by atoms with Crippen molar-refractivity contribution in [3.63, 3.8) is 0 Å². The van der Waals surface area contributed by atoms with E-state index < -0.39 is 31.0 Å². The third kappa shape index (κ3) is 5.22. The fourth-order valence-corrected chi connectivity index (χ4v) is 0.956. The Morgan fingerprint density at radius 3 is 1.85 bits per heavy atom. The van der Waals surface area contributed by atoms with Gasteiger partial charge in [0.05, 0.1) is 0 Å². The van der Waals surface area contributed by atoms with E-state index in [2.05, 4.69) is 15.6 Å². The van der Waals surface area contributed by atoms with E-state index in [1.54, 1.807) is 0 Å². The molecule has 0 spiro atoms. The van der Waals surface area contributed by atoms with E-state index in [9.17, 15) is 0 Å². The van der Waals surface area contributed by atoms with Gasteiger partial charge in [-0.05, 0) is 0 Å². The molecule has 0 aliphatic heterocycles. The van der Waals surface area contributed by atoms with Gasteiger partial charge in [-0.1, -0.05) is 0 Å². The van der Waals surface area contributed by atoms with Gasteiger partial charge < -0.3 is 0 Å². The van der Waals surface area contributed by atoms with Gasteiger partial charge in [-0.25, -0.2) is 0 Å². The average molecular weight is 322 g/mol. The van der Waals surface area contributed by atoms with E-state index in [1.807, 2.05) is 0 Å². The van der Waals surface area contributed by atoms with Gasteiger partial charge in [-0.15, -0.1) is 0 Å². The van der Waals surface area contributed by atoms with E-state index >= 15 is 0 Å². The second-order valence-corrected chi connectivity index (χ2v) is 2.93. The maximum absolute atomic E-state index is 9.07. The molecule has 0 heterocycles. The molecule has 0 aromatic carbocycles. The summed E-state index contributed by atoms with van der Waals surface area (Å²) in [5, 5.41) is 44.3. The molecule has 0 aromatic heterocycles. The standard InChI is InChI=1S/C6H12O5Se.Se/c7-1-3(8)5(10)6(11)4(9)2-12;/h2-11H,1H2;/t3-,4+,5-,6-;/m1./s1. The first-order chi connectivity index (χ1) is 5.54. The Balaban J connectivity index is 0. The summed E-state index contributed by atoms with van der Waals surface area (Å²) in [5.74, 6) is 0. The molecule has 0 rings (SSSR count). The van der Waals surface area contributed by atoms with Gasteiger partial charge in [0.2, 0.25) is 0 Å². The molecular weight excluding hydrogens is 310 g/mol. The molecule has 0 saturated heterocycles. The van der Waals surface area contributed by atoms with Gasteiger partial charge in [0.1, 0.15) is 0 Å². The Morgan fingerprint density at radius 1 is 1.08 bits per heavy atom. The Kier molecular flexibility index (Phi) is 10.0. The monoisotopic (exact) mass is 324 g/mol. The first-order valence-corrected chi connectivity index (χ1v) is 4.32. The van der Waals surface area contributed by atoms with E-state index in [0.717, 1.165) is 4.92 Å². The Bertz CT molecular complexity index is 145. The maximum atomic E-state index is 9.07.